The van der Waals surface area contributed by atoms with Crippen molar-refractivity contribution in [3.63, 3.8) is 0 Å². The second-order valence-electron chi connectivity index (χ2n) is 4.23. The third kappa shape index (κ3) is 4.20. The van der Waals surface area contributed by atoms with E-state index in [4.69, 9.17) is 4.74 Å². The normalized spacial score (nSPS) is 10.5. The highest BCUT2D eigenvalue weighted by Gasteiger charge is 2.13. The van der Waals surface area contributed by atoms with Crippen molar-refractivity contribution in [2.75, 3.05) is 11.9 Å². The van der Waals surface area contributed by atoms with Gasteiger partial charge in [0.15, 0.2) is 11.6 Å². The number of hydrogen-bond donors (Lipinski definition) is 1. The molecule has 2 rings (SSSR count). The van der Waals surface area contributed by atoms with Crippen molar-refractivity contribution in [2.24, 2.45) is 0 Å². The van der Waals surface area contributed by atoms with Crippen LogP contribution in [0.3, 0.4) is 0 Å². The number of aromatic nitrogens is 2. The molecule has 0 aliphatic rings. The van der Waals surface area contributed by atoms with Crippen LogP contribution < -0.4 is 10.1 Å². The van der Waals surface area contributed by atoms with Crippen molar-refractivity contribution in [2.45, 2.75) is 13.3 Å². The van der Waals surface area contributed by atoms with Crippen molar-refractivity contribution in [3.05, 3.63) is 47.9 Å². The minimum atomic E-state index is -2.60. The topological polar surface area (TPSA) is 64.1 Å². The minimum absolute atomic E-state index is 0.0746. The predicted molar refractivity (Wildman–Crippen MR) is 72.7 cm³/mol. The van der Waals surface area contributed by atoms with E-state index in [2.05, 4.69) is 15.3 Å². The number of carbonyl (C=O) groups is 1. The van der Waals surface area contributed by atoms with E-state index in [1.165, 1.54) is 18.3 Å². The van der Waals surface area contributed by atoms with Crippen LogP contribution in [0.2, 0.25) is 0 Å². The number of rotatable bonds is 5. The molecule has 2 aromatic heterocycles. The lowest BCUT2D eigenvalue weighted by Crippen LogP contribution is -2.16. The van der Waals surface area contributed by atoms with Crippen LogP contribution >= 0.6 is 0 Å². The highest BCUT2D eigenvalue weighted by Crippen LogP contribution is 2.21. The fraction of sp³-hybridized carbons (Fsp3) is 0.214. The summed E-state index contributed by atoms with van der Waals surface area (Å²) in [6.07, 6.45) is 0.377. The number of amides is 1. The number of pyridine rings is 2. The Morgan fingerprint density at radius 3 is 2.81 bits per heavy atom. The molecule has 5 nitrogen and oxygen atoms in total. The van der Waals surface area contributed by atoms with Gasteiger partial charge in [0.2, 0.25) is 0 Å². The molecule has 0 saturated heterocycles. The zero-order chi connectivity index (χ0) is 15.2. The van der Waals surface area contributed by atoms with Gasteiger partial charge < -0.3 is 10.1 Å². The van der Waals surface area contributed by atoms with Crippen LogP contribution in [0.15, 0.2) is 36.7 Å². The number of aryl methyl sites for hydroxylation is 1. The summed E-state index contributed by atoms with van der Waals surface area (Å²) in [5.41, 5.74) is 1.12. The van der Waals surface area contributed by atoms with E-state index in [-0.39, 0.29) is 17.3 Å². The lowest BCUT2D eigenvalue weighted by atomic mass is 10.2. The van der Waals surface area contributed by atoms with Gasteiger partial charge in [-0.25, -0.2) is 13.8 Å². The summed E-state index contributed by atoms with van der Waals surface area (Å²) in [7, 11) is 0. The van der Waals surface area contributed by atoms with Gasteiger partial charge in [0.25, 0.3) is 12.3 Å². The molecule has 0 spiro atoms. The van der Waals surface area contributed by atoms with E-state index < -0.39 is 18.9 Å². The minimum Gasteiger partial charge on any atom is -0.484 e. The van der Waals surface area contributed by atoms with Gasteiger partial charge in [-0.15, -0.1) is 0 Å². The van der Waals surface area contributed by atoms with Crippen molar-refractivity contribution < 1.29 is 18.3 Å². The third-order valence-electron chi connectivity index (χ3n) is 2.51. The van der Waals surface area contributed by atoms with Crippen molar-refractivity contribution in [3.8, 4) is 5.75 Å². The molecule has 0 aromatic carbocycles. The molecule has 0 bridgehead atoms. The molecular weight excluding hydrogens is 280 g/mol. The number of nitrogens with one attached hydrogen (secondary N) is 1. The van der Waals surface area contributed by atoms with E-state index in [1.54, 1.807) is 18.3 Å². The van der Waals surface area contributed by atoms with Crippen molar-refractivity contribution in [1.82, 2.24) is 9.97 Å². The van der Waals surface area contributed by atoms with Crippen LogP contribution in [0.25, 0.3) is 0 Å². The monoisotopic (exact) mass is 293 g/mol. The average Bonchev–Trinajstić information content (AvgIpc) is 2.47. The Morgan fingerprint density at radius 1 is 1.33 bits per heavy atom. The quantitative estimate of drug-likeness (QED) is 0.920. The molecule has 0 radical (unpaired) electrons. The summed E-state index contributed by atoms with van der Waals surface area (Å²) in [6, 6.07) is 6.29. The highest BCUT2D eigenvalue weighted by atomic mass is 19.3. The molecule has 2 aromatic rings. The summed E-state index contributed by atoms with van der Waals surface area (Å²) < 4.78 is 29.3. The van der Waals surface area contributed by atoms with E-state index in [0.29, 0.717) is 0 Å². The number of carbonyl (C=O) groups excluding carboxylic acids is 1. The molecule has 21 heavy (non-hydrogen) atoms. The van der Waals surface area contributed by atoms with Gasteiger partial charge in [-0.3, -0.25) is 9.78 Å². The van der Waals surface area contributed by atoms with Gasteiger partial charge in [0, 0.05) is 12.4 Å². The number of ether oxygens (including phenoxy) is 1. The van der Waals surface area contributed by atoms with Crippen molar-refractivity contribution in [1.29, 1.82) is 0 Å². The van der Waals surface area contributed by atoms with Crippen LogP contribution in [0.5, 0.6) is 5.75 Å². The molecule has 0 aliphatic heterocycles. The molecule has 7 heteroatoms. The molecule has 0 atom stereocenters. The second-order valence-corrected chi connectivity index (χ2v) is 4.23. The average molecular weight is 293 g/mol. The Balaban J connectivity index is 2.11. The fourth-order valence-corrected chi connectivity index (χ4v) is 1.53. The Kier molecular flexibility index (Phi) is 4.76. The van der Waals surface area contributed by atoms with Gasteiger partial charge in [-0.1, -0.05) is 6.07 Å². The van der Waals surface area contributed by atoms with Crippen LogP contribution in [0.4, 0.5) is 14.6 Å². The first-order valence-corrected chi connectivity index (χ1v) is 6.16. The predicted octanol–water partition coefficient (Wildman–Crippen LogP) is 2.68. The molecule has 0 unspecified atom stereocenters. The van der Waals surface area contributed by atoms with Gasteiger partial charge in [0.1, 0.15) is 12.3 Å². The van der Waals surface area contributed by atoms with Gasteiger partial charge in [-0.2, -0.15) is 0 Å². The van der Waals surface area contributed by atoms with Gasteiger partial charge in [0.05, 0.1) is 0 Å². The first kappa shape index (κ1) is 14.8. The smallest absolute Gasteiger partial charge is 0.275 e. The van der Waals surface area contributed by atoms with E-state index >= 15 is 0 Å². The maximum absolute atomic E-state index is 12.2. The summed E-state index contributed by atoms with van der Waals surface area (Å²) in [4.78, 5) is 19.9. The lowest BCUT2D eigenvalue weighted by Gasteiger charge is -2.10. The van der Waals surface area contributed by atoms with E-state index in [9.17, 15) is 13.6 Å². The number of halogens is 2. The zero-order valence-corrected chi connectivity index (χ0v) is 11.2. The largest absolute Gasteiger partial charge is 0.484 e. The SMILES string of the molecule is Cc1ccc(C(=O)Nc2ncccc2OCC(F)F)nc1. The molecule has 1 N–H and O–H groups in total. The number of hydrogen-bond acceptors (Lipinski definition) is 4. The Bertz CT molecular complexity index is 618. The number of anilines is 1. The van der Waals surface area contributed by atoms with E-state index in [1.807, 2.05) is 6.92 Å². The Labute approximate surface area is 120 Å². The van der Waals surface area contributed by atoms with Crippen molar-refractivity contribution >= 4 is 11.7 Å². The highest BCUT2D eigenvalue weighted by molar-refractivity contribution is 6.02. The van der Waals surface area contributed by atoms with Crippen LogP contribution in [-0.2, 0) is 0 Å². The van der Waals surface area contributed by atoms with Gasteiger partial charge >= 0.3 is 0 Å². The molecule has 110 valence electrons. The standard InChI is InChI=1S/C14H13F2N3O2/c1-9-4-5-10(18-7-9)14(20)19-13-11(3-2-6-17-13)21-8-12(15)16/h2-7,12H,8H2,1H3,(H,17,19,20). The first-order valence-electron chi connectivity index (χ1n) is 6.16. The lowest BCUT2D eigenvalue weighted by molar-refractivity contribution is 0.0820. The summed E-state index contributed by atoms with van der Waals surface area (Å²) in [5.74, 6) is -0.334. The molecular formula is C14H13F2N3O2. The van der Waals surface area contributed by atoms with E-state index in [0.717, 1.165) is 5.56 Å². The maximum atomic E-state index is 12.2. The summed E-state index contributed by atoms with van der Waals surface area (Å²) in [6.45, 7) is 1.08. The maximum Gasteiger partial charge on any atom is 0.275 e. The van der Waals surface area contributed by atoms with Crippen LogP contribution in [0, 0.1) is 6.92 Å². The second kappa shape index (κ2) is 6.74. The van der Waals surface area contributed by atoms with Crippen LogP contribution in [-0.4, -0.2) is 28.9 Å². The zero-order valence-electron chi connectivity index (χ0n) is 11.2. The summed E-state index contributed by atoms with van der Waals surface area (Å²) in [5, 5.41) is 2.49. The molecule has 0 aliphatic carbocycles. The fourth-order valence-electron chi connectivity index (χ4n) is 1.53. The first-order chi connectivity index (χ1) is 10.1. The molecule has 1 amide bonds. The molecule has 0 saturated carbocycles. The van der Waals surface area contributed by atoms with Gasteiger partial charge in [-0.05, 0) is 30.7 Å². The Morgan fingerprint density at radius 2 is 2.14 bits per heavy atom. The van der Waals surface area contributed by atoms with Crippen LogP contribution in [0.1, 0.15) is 16.1 Å². The number of alkyl halides is 2. The molecule has 2 heterocycles. The Hall–Kier alpha value is -2.57. The molecule has 0 fully saturated rings. The number of nitrogens with zero attached hydrogens (tertiary/aromatic N) is 2. The summed E-state index contributed by atoms with van der Waals surface area (Å²) >= 11 is 0. The third-order valence-corrected chi connectivity index (χ3v) is 2.51.